The predicted octanol–water partition coefficient (Wildman–Crippen LogP) is 1.35. The molecule has 0 aromatic carbocycles. The lowest BCUT2D eigenvalue weighted by molar-refractivity contribution is -0.385. The Morgan fingerprint density at radius 3 is 3.00 bits per heavy atom. The number of aromatic amines is 1. The van der Waals surface area contributed by atoms with Gasteiger partial charge in [0, 0.05) is 0 Å². The third kappa shape index (κ3) is 2.43. The number of aromatic nitrogens is 2. The van der Waals surface area contributed by atoms with Gasteiger partial charge in [-0.1, -0.05) is 13.8 Å². The van der Waals surface area contributed by atoms with E-state index in [0.717, 1.165) is 6.20 Å². The van der Waals surface area contributed by atoms with Crippen molar-refractivity contribution in [2.45, 2.75) is 13.8 Å². The van der Waals surface area contributed by atoms with Crippen molar-refractivity contribution in [3.05, 3.63) is 16.3 Å². The maximum Gasteiger partial charge on any atom is 0.350 e. The van der Waals surface area contributed by atoms with Crippen LogP contribution in [0.5, 0.6) is 5.88 Å². The van der Waals surface area contributed by atoms with Crippen LogP contribution in [0.25, 0.3) is 0 Å². The molecule has 1 rings (SSSR count). The van der Waals surface area contributed by atoms with Crippen molar-refractivity contribution in [1.29, 1.82) is 0 Å². The van der Waals surface area contributed by atoms with Gasteiger partial charge in [-0.05, 0) is 5.92 Å². The Kier molecular flexibility index (Phi) is 2.84. The highest BCUT2D eigenvalue weighted by Crippen LogP contribution is 2.22. The van der Waals surface area contributed by atoms with Crippen LogP contribution in [0.2, 0.25) is 0 Å². The molecule has 13 heavy (non-hydrogen) atoms. The summed E-state index contributed by atoms with van der Waals surface area (Å²) in [5.74, 6) is 0.446. The van der Waals surface area contributed by atoms with E-state index in [1.54, 1.807) is 0 Å². The summed E-state index contributed by atoms with van der Waals surface area (Å²) in [6.45, 7) is 4.35. The minimum atomic E-state index is -0.529. The third-order valence-electron chi connectivity index (χ3n) is 1.34. The molecule has 0 saturated heterocycles. The van der Waals surface area contributed by atoms with Gasteiger partial charge in [0.2, 0.25) is 0 Å². The molecule has 6 heteroatoms. The summed E-state index contributed by atoms with van der Waals surface area (Å²) in [5.41, 5.74) is -0.124. The van der Waals surface area contributed by atoms with E-state index in [-0.39, 0.29) is 11.6 Å². The van der Waals surface area contributed by atoms with Gasteiger partial charge in [-0.15, -0.1) is 0 Å². The molecule has 0 saturated carbocycles. The number of nitro groups is 1. The lowest BCUT2D eigenvalue weighted by atomic mass is 10.2. The zero-order valence-corrected chi connectivity index (χ0v) is 7.48. The molecule has 0 aliphatic rings. The number of nitrogens with zero attached hydrogens (tertiary/aromatic N) is 2. The van der Waals surface area contributed by atoms with Crippen molar-refractivity contribution in [2.24, 2.45) is 5.92 Å². The molecule has 72 valence electrons. The van der Waals surface area contributed by atoms with Crippen LogP contribution in [0, 0.1) is 16.0 Å². The van der Waals surface area contributed by atoms with Crippen molar-refractivity contribution in [2.75, 3.05) is 6.61 Å². The zero-order valence-electron chi connectivity index (χ0n) is 7.48. The molecule has 0 atom stereocenters. The Bertz CT molecular complexity index is 295. The second-order valence-electron chi connectivity index (χ2n) is 3.05. The molecule has 0 aliphatic carbocycles. The fraction of sp³-hybridized carbons (Fsp3) is 0.571. The second-order valence-corrected chi connectivity index (χ2v) is 3.05. The van der Waals surface area contributed by atoms with Gasteiger partial charge in [0.25, 0.3) is 5.88 Å². The van der Waals surface area contributed by atoms with Crippen LogP contribution in [-0.4, -0.2) is 21.7 Å². The summed E-state index contributed by atoms with van der Waals surface area (Å²) >= 11 is 0. The molecule has 1 heterocycles. The molecule has 1 N–H and O–H groups in total. The van der Waals surface area contributed by atoms with Crippen LogP contribution >= 0.6 is 0 Å². The van der Waals surface area contributed by atoms with Gasteiger partial charge in [-0.3, -0.25) is 10.1 Å². The fourth-order valence-electron chi connectivity index (χ4n) is 0.754. The Labute approximate surface area is 75.1 Å². The summed E-state index contributed by atoms with van der Waals surface area (Å²) in [6.07, 6.45) is 1.13. The van der Waals surface area contributed by atoms with E-state index in [2.05, 4.69) is 10.2 Å². The molecule has 1 aromatic rings. The minimum Gasteiger partial charge on any atom is -0.473 e. The summed E-state index contributed by atoms with van der Waals surface area (Å²) in [7, 11) is 0. The molecule has 6 nitrogen and oxygen atoms in total. The average Bonchev–Trinajstić information content (AvgIpc) is 2.47. The summed E-state index contributed by atoms with van der Waals surface area (Å²) < 4.78 is 5.14. The van der Waals surface area contributed by atoms with Gasteiger partial charge in [0.1, 0.15) is 6.20 Å². The molecule has 0 bridgehead atoms. The first kappa shape index (κ1) is 9.50. The van der Waals surface area contributed by atoms with Crippen LogP contribution in [0.15, 0.2) is 6.20 Å². The fourth-order valence-corrected chi connectivity index (χ4v) is 0.754. The van der Waals surface area contributed by atoms with Gasteiger partial charge in [-0.2, -0.15) is 5.10 Å². The number of H-pyrrole nitrogens is 1. The Morgan fingerprint density at radius 1 is 1.77 bits per heavy atom. The normalized spacial score (nSPS) is 10.4. The number of hydrogen-bond donors (Lipinski definition) is 1. The second kappa shape index (κ2) is 3.88. The van der Waals surface area contributed by atoms with Crippen LogP contribution in [0.3, 0.4) is 0 Å². The van der Waals surface area contributed by atoms with Crippen LogP contribution in [0.4, 0.5) is 5.69 Å². The minimum absolute atomic E-state index is 0.124. The first-order valence-electron chi connectivity index (χ1n) is 3.91. The van der Waals surface area contributed by atoms with Gasteiger partial charge >= 0.3 is 5.69 Å². The Hall–Kier alpha value is -1.59. The highest BCUT2D eigenvalue weighted by molar-refractivity contribution is 5.37. The molecular weight excluding hydrogens is 174 g/mol. The largest absolute Gasteiger partial charge is 0.473 e. The first-order chi connectivity index (χ1) is 6.11. The van der Waals surface area contributed by atoms with Gasteiger partial charge in [0.15, 0.2) is 0 Å². The maximum atomic E-state index is 10.4. The molecule has 0 unspecified atom stereocenters. The maximum absolute atomic E-state index is 10.4. The lowest BCUT2D eigenvalue weighted by Gasteiger charge is -2.04. The van der Waals surface area contributed by atoms with Gasteiger partial charge in [-0.25, -0.2) is 5.10 Å². The molecule has 0 amide bonds. The van der Waals surface area contributed by atoms with E-state index in [1.807, 2.05) is 13.8 Å². The number of rotatable bonds is 4. The average molecular weight is 185 g/mol. The van der Waals surface area contributed by atoms with Crippen molar-refractivity contribution < 1.29 is 9.66 Å². The van der Waals surface area contributed by atoms with Crippen molar-refractivity contribution in [1.82, 2.24) is 10.2 Å². The Morgan fingerprint density at radius 2 is 2.46 bits per heavy atom. The summed E-state index contributed by atoms with van der Waals surface area (Å²) in [4.78, 5) is 9.86. The molecule has 0 aliphatic heterocycles. The molecular formula is C7H11N3O3. The Balaban J connectivity index is 2.65. The first-order valence-corrected chi connectivity index (χ1v) is 3.91. The van der Waals surface area contributed by atoms with Crippen LogP contribution in [-0.2, 0) is 0 Å². The quantitative estimate of drug-likeness (QED) is 0.567. The van der Waals surface area contributed by atoms with Gasteiger partial charge in [0.05, 0.1) is 11.5 Å². The highest BCUT2D eigenvalue weighted by Gasteiger charge is 2.17. The SMILES string of the molecule is CC(C)COc1[nH]ncc1[N+](=O)[O-]. The van der Waals surface area contributed by atoms with E-state index >= 15 is 0 Å². The van der Waals surface area contributed by atoms with Crippen molar-refractivity contribution in [3.8, 4) is 5.88 Å². The summed E-state index contributed by atoms with van der Waals surface area (Å²) in [6, 6.07) is 0. The van der Waals surface area contributed by atoms with E-state index in [1.165, 1.54) is 0 Å². The topological polar surface area (TPSA) is 81.0 Å². The third-order valence-corrected chi connectivity index (χ3v) is 1.34. The molecule has 0 fully saturated rings. The van der Waals surface area contributed by atoms with Crippen LogP contribution in [0.1, 0.15) is 13.8 Å². The standard InChI is InChI=1S/C7H11N3O3/c1-5(2)4-13-7-6(10(11)12)3-8-9-7/h3,5H,4H2,1-2H3,(H,8,9). The summed E-state index contributed by atoms with van der Waals surface area (Å²) in [5, 5.41) is 16.4. The number of nitrogens with one attached hydrogen (secondary N) is 1. The van der Waals surface area contributed by atoms with Crippen molar-refractivity contribution in [3.63, 3.8) is 0 Å². The lowest BCUT2D eigenvalue weighted by Crippen LogP contribution is -2.05. The monoisotopic (exact) mass is 185 g/mol. The smallest absolute Gasteiger partial charge is 0.350 e. The van der Waals surface area contributed by atoms with E-state index in [0.29, 0.717) is 12.5 Å². The molecule has 0 radical (unpaired) electrons. The van der Waals surface area contributed by atoms with E-state index in [4.69, 9.17) is 4.74 Å². The highest BCUT2D eigenvalue weighted by atomic mass is 16.6. The van der Waals surface area contributed by atoms with Crippen LogP contribution < -0.4 is 4.74 Å². The zero-order chi connectivity index (χ0) is 9.84. The number of hydrogen-bond acceptors (Lipinski definition) is 4. The van der Waals surface area contributed by atoms with E-state index < -0.39 is 4.92 Å². The van der Waals surface area contributed by atoms with Crippen molar-refractivity contribution >= 4 is 5.69 Å². The molecule has 1 aromatic heterocycles. The van der Waals surface area contributed by atoms with E-state index in [9.17, 15) is 10.1 Å². The number of ether oxygens (including phenoxy) is 1. The molecule has 0 spiro atoms. The predicted molar refractivity (Wildman–Crippen MR) is 45.6 cm³/mol. The van der Waals surface area contributed by atoms with Gasteiger partial charge < -0.3 is 4.74 Å².